The number of imide groups is 1. The summed E-state index contributed by atoms with van der Waals surface area (Å²) >= 11 is 0. The molecule has 0 saturated carbocycles. The fourth-order valence-electron chi connectivity index (χ4n) is 3.04. The molecule has 1 fully saturated rings. The first-order valence-corrected chi connectivity index (χ1v) is 8.91. The van der Waals surface area contributed by atoms with Crippen molar-refractivity contribution >= 4 is 29.2 Å². The van der Waals surface area contributed by atoms with Gasteiger partial charge in [0, 0.05) is 24.5 Å². The number of hydrazine groups is 1. The first-order valence-electron chi connectivity index (χ1n) is 8.91. The normalized spacial score (nSPS) is 13.3. The van der Waals surface area contributed by atoms with Gasteiger partial charge in [0.2, 0.25) is 11.8 Å². The standard InChI is InChI=1S/C20H17N3O7/c1-30-14-6-4-5-13(11-14)17(24)12-21(22-18(25)9-10-19(22)26)20(27)15-7-2-3-8-16(15)23(28)29/h2-8,11H,9-10,12H2,1H3. The van der Waals surface area contributed by atoms with E-state index in [0.717, 1.165) is 6.07 Å². The Morgan fingerprint density at radius 1 is 1.10 bits per heavy atom. The van der Waals surface area contributed by atoms with Gasteiger partial charge in [0.1, 0.15) is 17.9 Å². The van der Waals surface area contributed by atoms with Gasteiger partial charge in [-0.05, 0) is 18.2 Å². The number of ether oxygens (including phenoxy) is 1. The highest BCUT2D eigenvalue weighted by Crippen LogP contribution is 2.24. The summed E-state index contributed by atoms with van der Waals surface area (Å²) < 4.78 is 5.08. The van der Waals surface area contributed by atoms with E-state index in [4.69, 9.17) is 4.74 Å². The average Bonchev–Trinajstić information content (AvgIpc) is 3.09. The number of nitrogens with zero attached hydrogens (tertiary/aromatic N) is 3. The first-order chi connectivity index (χ1) is 14.3. The molecule has 0 bridgehead atoms. The van der Waals surface area contributed by atoms with Gasteiger partial charge in [0.15, 0.2) is 5.78 Å². The Kier molecular flexibility index (Phi) is 5.86. The molecule has 1 heterocycles. The number of hydrogen-bond donors (Lipinski definition) is 0. The van der Waals surface area contributed by atoms with Crippen LogP contribution in [-0.4, -0.2) is 52.1 Å². The molecule has 1 saturated heterocycles. The number of benzene rings is 2. The monoisotopic (exact) mass is 411 g/mol. The lowest BCUT2D eigenvalue weighted by atomic mass is 10.1. The van der Waals surface area contributed by atoms with Crippen molar-refractivity contribution in [2.45, 2.75) is 12.8 Å². The molecule has 30 heavy (non-hydrogen) atoms. The Bertz CT molecular complexity index is 1030. The van der Waals surface area contributed by atoms with Crippen LogP contribution in [0.2, 0.25) is 0 Å². The van der Waals surface area contributed by atoms with Gasteiger partial charge in [-0.15, -0.1) is 0 Å². The van der Waals surface area contributed by atoms with Gasteiger partial charge in [-0.2, -0.15) is 5.01 Å². The second kappa shape index (κ2) is 8.52. The number of para-hydroxylation sites is 1. The number of methoxy groups -OCH3 is 1. The van der Waals surface area contributed by atoms with Crippen LogP contribution in [0, 0.1) is 10.1 Å². The van der Waals surface area contributed by atoms with E-state index in [9.17, 15) is 29.3 Å². The molecule has 0 spiro atoms. The third-order valence-electron chi connectivity index (χ3n) is 4.52. The predicted octanol–water partition coefficient (Wildman–Crippen LogP) is 1.99. The number of nitro groups is 1. The van der Waals surface area contributed by atoms with Gasteiger partial charge in [-0.3, -0.25) is 29.3 Å². The fourth-order valence-corrected chi connectivity index (χ4v) is 3.04. The number of carbonyl (C=O) groups is 4. The highest BCUT2D eigenvalue weighted by Gasteiger charge is 2.39. The molecule has 0 aliphatic carbocycles. The molecule has 10 heteroatoms. The highest BCUT2D eigenvalue weighted by atomic mass is 16.6. The second-order valence-corrected chi connectivity index (χ2v) is 6.39. The van der Waals surface area contributed by atoms with Gasteiger partial charge in [0.25, 0.3) is 11.6 Å². The van der Waals surface area contributed by atoms with Gasteiger partial charge in [0.05, 0.1) is 12.0 Å². The van der Waals surface area contributed by atoms with E-state index in [1.54, 1.807) is 12.1 Å². The van der Waals surface area contributed by atoms with E-state index in [1.807, 2.05) is 0 Å². The Hall–Kier alpha value is -4.08. The van der Waals surface area contributed by atoms with Crippen LogP contribution in [0.4, 0.5) is 5.69 Å². The molecule has 1 aliphatic rings. The van der Waals surface area contributed by atoms with Crippen LogP contribution in [-0.2, 0) is 9.59 Å². The largest absolute Gasteiger partial charge is 0.497 e. The zero-order valence-corrected chi connectivity index (χ0v) is 15.9. The molecule has 0 atom stereocenters. The van der Waals surface area contributed by atoms with Crippen LogP contribution in [0.15, 0.2) is 48.5 Å². The number of amides is 3. The van der Waals surface area contributed by atoms with E-state index >= 15 is 0 Å². The minimum Gasteiger partial charge on any atom is -0.497 e. The summed E-state index contributed by atoms with van der Waals surface area (Å²) in [5.41, 5.74) is -0.650. The summed E-state index contributed by atoms with van der Waals surface area (Å²) in [5.74, 6) is -2.49. The lowest BCUT2D eigenvalue weighted by Crippen LogP contribution is -2.51. The zero-order chi connectivity index (χ0) is 21.8. The molecule has 0 radical (unpaired) electrons. The molecule has 2 aromatic carbocycles. The number of rotatable bonds is 7. The average molecular weight is 411 g/mol. The summed E-state index contributed by atoms with van der Waals surface area (Å²) in [7, 11) is 1.43. The van der Waals surface area contributed by atoms with E-state index < -0.39 is 40.7 Å². The quantitative estimate of drug-likeness (QED) is 0.295. The molecular formula is C20H17N3O7. The number of hydrogen-bond acceptors (Lipinski definition) is 7. The maximum atomic E-state index is 13.1. The van der Waals surface area contributed by atoms with Crippen molar-refractivity contribution in [2.75, 3.05) is 13.7 Å². The van der Waals surface area contributed by atoms with Gasteiger partial charge >= 0.3 is 0 Å². The maximum Gasteiger partial charge on any atom is 0.282 e. The highest BCUT2D eigenvalue weighted by molar-refractivity contribution is 6.08. The van der Waals surface area contributed by atoms with Crippen LogP contribution >= 0.6 is 0 Å². The SMILES string of the molecule is COc1cccc(C(=O)CN(C(=O)c2ccccc2[N+](=O)[O-])N2C(=O)CCC2=O)c1. The summed E-state index contributed by atoms with van der Waals surface area (Å²) in [6.45, 7) is -0.657. The number of carbonyl (C=O) groups excluding carboxylic acids is 4. The lowest BCUT2D eigenvalue weighted by molar-refractivity contribution is -0.385. The van der Waals surface area contributed by atoms with Crippen molar-refractivity contribution in [3.8, 4) is 5.75 Å². The molecule has 3 amide bonds. The van der Waals surface area contributed by atoms with Crippen molar-refractivity contribution < 1.29 is 28.8 Å². The van der Waals surface area contributed by atoms with Crippen LogP contribution in [0.1, 0.15) is 33.6 Å². The Morgan fingerprint density at radius 3 is 2.40 bits per heavy atom. The van der Waals surface area contributed by atoms with E-state index in [0.29, 0.717) is 15.8 Å². The molecule has 1 aliphatic heterocycles. The zero-order valence-electron chi connectivity index (χ0n) is 15.9. The van der Waals surface area contributed by atoms with Crippen LogP contribution < -0.4 is 4.74 Å². The fraction of sp³-hybridized carbons (Fsp3) is 0.200. The molecule has 2 aromatic rings. The minimum atomic E-state index is -0.998. The van der Waals surface area contributed by atoms with E-state index in [1.165, 1.54) is 37.4 Å². The van der Waals surface area contributed by atoms with E-state index in [2.05, 4.69) is 0 Å². The molecule has 0 unspecified atom stereocenters. The second-order valence-electron chi connectivity index (χ2n) is 6.39. The van der Waals surface area contributed by atoms with E-state index in [-0.39, 0.29) is 24.0 Å². The van der Waals surface area contributed by atoms with Crippen LogP contribution in [0.3, 0.4) is 0 Å². The van der Waals surface area contributed by atoms with Crippen LogP contribution in [0.25, 0.3) is 0 Å². The number of nitro benzene ring substituents is 1. The summed E-state index contributed by atoms with van der Waals surface area (Å²) in [5, 5.41) is 12.6. The molecule has 0 aromatic heterocycles. The topological polar surface area (TPSA) is 127 Å². The minimum absolute atomic E-state index is 0.118. The van der Waals surface area contributed by atoms with Crippen molar-refractivity contribution in [3.63, 3.8) is 0 Å². The number of ketones is 1. The van der Waals surface area contributed by atoms with Crippen molar-refractivity contribution in [1.82, 2.24) is 10.0 Å². The van der Waals surface area contributed by atoms with Gasteiger partial charge in [-0.25, -0.2) is 5.01 Å². The lowest BCUT2D eigenvalue weighted by Gasteiger charge is -2.29. The predicted molar refractivity (Wildman–Crippen MR) is 103 cm³/mol. The van der Waals surface area contributed by atoms with Crippen molar-refractivity contribution in [3.05, 3.63) is 69.8 Å². The summed E-state index contributed by atoms with van der Waals surface area (Å²) in [6, 6.07) is 11.3. The van der Waals surface area contributed by atoms with Gasteiger partial charge < -0.3 is 4.74 Å². The molecule has 10 nitrogen and oxygen atoms in total. The third kappa shape index (κ3) is 4.02. The molecule has 0 N–H and O–H groups in total. The maximum absolute atomic E-state index is 13.1. The Balaban J connectivity index is 2.00. The summed E-state index contributed by atoms with van der Waals surface area (Å²) in [4.78, 5) is 61.0. The smallest absolute Gasteiger partial charge is 0.282 e. The Morgan fingerprint density at radius 2 is 1.77 bits per heavy atom. The molecule has 3 rings (SSSR count). The van der Waals surface area contributed by atoms with Crippen molar-refractivity contribution in [1.29, 1.82) is 0 Å². The van der Waals surface area contributed by atoms with Crippen LogP contribution in [0.5, 0.6) is 5.75 Å². The Labute approximate surface area is 170 Å². The first kappa shape index (κ1) is 20.6. The van der Waals surface area contributed by atoms with Crippen molar-refractivity contribution in [2.24, 2.45) is 0 Å². The third-order valence-corrected chi connectivity index (χ3v) is 4.52. The molecule has 154 valence electrons. The molecular weight excluding hydrogens is 394 g/mol. The number of Topliss-reactive ketones (excluding diaryl/α,β-unsaturated/α-hetero) is 1. The summed E-state index contributed by atoms with van der Waals surface area (Å²) in [6.07, 6.45) is -0.236. The van der Waals surface area contributed by atoms with Gasteiger partial charge in [-0.1, -0.05) is 24.3 Å².